The van der Waals surface area contributed by atoms with Gasteiger partial charge >= 0.3 is 0 Å². The summed E-state index contributed by atoms with van der Waals surface area (Å²) in [4.78, 5) is -0.694. The molecule has 4 nitrogen and oxygen atoms in total. The molecule has 11 heavy (non-hydrogen) atoms. The van der Waals surface area contributed by atoms with E-state index in [0.29, 0.717) is 0 Å². The molecule has 0 amide bonds. The second kappa shape index (κ2) is 2.52. The van der Waals surface area contributed by atoms with Crippen molar-refractivity contribution in [1.82, 2.24) is 0 Å². The van der Waals surface area contributed by atoms with E-state index in [1.807, 2.05) is 0 Å². The number of rotatable bonds is 1. The van der Waals surface area contributed by atoms with E-state index in [0.717, 1.165) is 12.1 Å². The second-order valence-electron chi connectivity index (χ2n) is 1.90. The van der Waals surface area contributed by atoms with Crippen LogP contribution in [0.1, 0.15) is 0 Å². The third-order valence-electron chi connectivity index (χ3n) is 1.12. The van der Waals surface area contributed by atoms with E-state index in [9.17, 15) is 18.1 Å². The van der Waals surface area contributed by atoms with Crippen LogP contribution in [0, 0.1) is 0 Å². The molecule has 1 aromatic rings. The van der Waals surface area contributed by atoms with E-state index in [2.05, 4.69) is 0 Å². The lowest BCUT2D eigenvalue weighted by Gasteiger charge is -2.14. The zero-order valence-electron chi connectivity index (χ0n) is 5.35. The van der Waals surface area contributed by atoms with Crippen molar-refractivity contribution in [2.24, 2.45) is 0 Å². The molecule has 60 valence electrons. The Hall–Kier alpha value is -1.07. The molecule has 0 saturated carbocycles. The minimum absolute atomic E-state index is 0.694. The first-order valence-electron chi connectivity index (χ1n) is 2.74. The van der Waals surface area contributed by atoms with Crippen molar-refractivity contribution in [2.45, 2.75) is 4.90 Å². The normalized spacial score (nSPS) is 11.4. The van der Waals surface area contributed by atoms with E-state index in [1.165, 1.54) is 12.1 Å². The maximum absolute atomic E-state index is 10.7. The van der Waals surface area contributed by atoms with Crippen molar-refractivity contribution < 1.29 is 18.1 Å². The fourth-order valence-electron chi connectivity index (χ4n) is 0.657. The average Bonchev–Trinajstić information content (AvgIpc) is 1.86. The summed E-state index contributed by atoms with van der Waals surface area (Å²) < 4.78 is 30.9. The van der Waals surface area contributed by atoms with Gasteiger partial charge in [0, 0.05) is 4.90 Å². The lowest BCUT2D eigenvalue weighted by Crippen LogP contribution is -2.03. The SMILES string of the molecule is O=S(=O)([O-])c1ccccc1[O-]. The van der Waals surface area contributed by atoms with Crippen LogP contribution in [0.2, 0.25) is 0 Å². The predicted molar refractivity (Wildman–Crippen MR) is 33.9 cm³/mol. The predicted octanol–water partition coefficient (Wildman–Crippen LogP) is -0.336. The first-order chi connectivity index (χ1) is 5.02. The molecule has 0 fully saturated rings. The van der Waals surface area contributed by atoms with Gasteiger partial charge < -0.3 is 9.66 Å². The highest BCUT2D eigenvalue weighted by molar-refractivity contribution is 7.85. The quantitative estimate of drug-likeness (QED) is 0.543. The van der Waals surface area contributed by atoms with E-state index >= 15 is 0 Å². The Bertz CT molecular complexity index is 355. The summed E-state index contributed by atoms with van der Waals surface area (Å²) in [6.45, 7) is 0. The molecule has 0 aromatic heterocycles. The summed E-state index contributed by atoms with van der Waals surface area (Å²) in [6.07, 6.45) is 0. The minimum Gasteiger partial charge on any atom is -0.872 e. The van der Waals surface area contributed by atoms with Gasteiger partial charge in [0.1, 0.15) is 10.1 Å². The first kappa shape index (κ1) is 8.03. The zero-order chi connectivity index (χ0) is 8.48. The maximum Gasteiger partial charge on any atom is 0.123 e. The van der Waals surface area contributed by atoms with E-state index in [-0.39, 0.29) is 0 Å². The highest BCUT2D eigenvalue weighted by Crippen LogP contribution is 2.17. The van der Waals surface area contributed by atoms with E-state index in [1.54, 1.807) is 0 Å². The van der Waals surface area contributed by atoms with Crippen molar-refractivity contribution in [3.8, 4) is 5.75 Å². The summed E-state index contributed by atoms with van der Waals surface area (Å²) >= 11 is 0. The van der Waals surface area contributed by atoms with Crippen LogP contribution in [0.4, 0.5) is 0 Å². The van der Waals surface area contributed by atoms with E-state index in [4.69, 9.17) is 0 Å². The summed E-state index contributed by atoms with van der Waals surface area (Å²) in [5.41, 5.74) is 0. The van der Waals surface area contributed by atoms with Gasteiger partial charge in [0.05, 0.1) is 0 Å². The molecule has 1 rings (SSSR count). The van der Waals surface area contributed by atoms with Crippen molar-refractivity contribution >= 4 is 10.1 Å². The number of benzene rings is 1. The third-order valence-corrected chi connectivity index (χ3v) is 1.99. The Morgan fingerprint density at radius 2 is 1.73 bits per heavy atom. The molecule has 1 aromatic carbocycles. The molecule has 0 aliphatic heterocycles. The van der Waals surface area contributed by atoms with Crippen LogP contribution < -0.4 is 5.11 Å². The molecule has 0 radical (unpaired) electrons. The molecule has 0 unspecified atom stereocenters. The Morgan fingerprint density at radius 3 is 2.09 bits per heavy atom. The lowest BCUT2D eigenvalue weighted by molar-refractivity contribution is -0.272. The Kier molecular flexibility index (Phi) is 1.84. The number of para-hydroxylation sites is 1. The molecule has 0 aliphatic rings. The topological polar surface area (TPSA) is 80.3 Å². The Morgan fingerprint density at radius 1 is 1.18 bits per heavy atom. The monoisotopic (exact) mass is 172 g/mol. The first-order valence-corrected chi connectivity index (χ1v) is 4.14. The molecular weight excluding hydrogens is 168 g/mol. The number of hydrogen-bond acceptors (Lipinski definition) is 4. The van der Waals surface area contributed by atoms with Gasteiger partial charge in [-0.05, 0) is 6.07 Å². The van der Waals surface area contributed by atoms with Crippen LogP contribution in [0.3, 0.4) is 0 Å². The fourth-order valence-corrected chi connectivity index (χ4v) is 1.22. The lowest BCUT2D eigenvalue weighted by atomic mass is 10.3. The highest BCUT2D eigenvalue weighted by atomic mass is 32.2. The summed E-state index contributed by atoms with van der Waals surface area (Å²) in [5.74, 6) is -0.762. The molecule has 5 heteroatoms. The maximum atomic E-state index is 10.7. The number of hydrogen-bond donors (Lipinski definition) is 0. The van der Waals surface area contributed by atoms with Crippen LogP contribution in [0.5, 0.6) is 5.75 Å². The molecule has 0 spiro atoms. The standard InChI is InChI=1S/C6H6O4S/c7-5-3-1-2-4-6(5)11(8,9)10/h1-4,7H,(H,8,9,10)/p-2. The molecule has 0 atom stereocenters. The average molecular weight is 172 g/mol. The summed E-state index contributed by atoms with van der Waals surface area (Å²) in [6, 6.07) is 4.72. The highest BCUT2D eigenvalue weighted by Gasteiger charge is 1.98. The van der Waals surface area contributed by atoms with Gasteiger partial charge in [-0.25, -0.2) is 8.42 Å². The van der Waals surface area contributed by atoms with Crippen LogP contribution in [0.25, 0.3) is 0 Å². The molecule has 0 saturated heterocycles. The zero-order valence-corrected chi connectivity index (χ0v) is 6.17. The summed E-state index contributed by atoms with van der Waals surface area (Å²) in [5, 5.41) is 10.7. The van der Waals surface area contributed by atoms with Crippen molar-refractivity contribution in [3.05, 3.63) is 24.3 Å². The minimum atomic E-state index is -4.60. The second-order valence-corrected chi connectivity index (χ2v) is 3.25. The third kappa shape index (κ3) is 1.69. The van der Waals surface area contributed by atoms with Crippen LogP contribution in [0.15, 0.2) is 29.2 Å². The Balaban J connectivity index is 3.37. The molecule has 0 bridgehead atoms. The van der Waals surface area contributed by atoms with Crippen molar-refractivity contribution in [1.29, 1.82) is 0 Å². The van der Waals surface area contributed by atoms with Crippen LogP contribution in [-0.2, 0) is 10.1 Å². The van der Waals surface area contributed by atoms with Gasteiger partial charge in [0.25, 0.3) is 0 Å². The van der Waals surface area contributed by atoms with Gasteiger partial charge in [0.2, 0.25) is 0 Å². The van der Waals surface area contributed by atoms with Gasteiger partial charge in [-0.2, -0.15) is 0 Å². The Labute approximate surface area is 63.9 Å². The van der Waals surface area contributed by atoms with Crippen LogP contribution >= 0.6 is 0 Å². The van der Waals surface area contributed by atoms with Gasteiger partial charge in [0.15, 0.2) is 0 Å². The molecule has 0 N–H and O–H groups in total. The smallest absolute Gasteiger partial charge is 0.123 e. The van der Waals surface area contributed by atoms with Gasteiger partial charge in [-0.1, -0.05) is 23.9 Å². The van der Waals surface area contributed by atoms with Gasteiger partial charge in [-0.15, -0.1) is 0 Å². The van der Waals surface area contributed by atoms with Crippen molar-refractivity contribution in [2.75, 3.05) is 0 Å². The van der Waals surface area contributed by atoms with Gasteiger partial charge in [-0.3, -0.25) is 0 Å². The molecule has 0 heterocycles. The largest absolute Gasteiger partial charge is 0.872 e. The fraction of sp³-hybridized carbons (Fsp3) is 0. The van der Waals surface area contributed by atoms with Crippen LogP contribution in [-0.4, -0.2) is 13.0 Å². The summed E-state index contributed by atoms with van der Waals surface area (Å²) in [7, 11) is -4.60. The van der Waals surface area contributed by atoms with E-state index < -0.39 is 20.8 Å². The molecule has 0 aliphatic carbocycles. The van der Waals surface area contributed by atoms with Crippen molar-refractivity contribution in [3.63, 3.8) is 0 Å². The molecular formula is C6H4O4S-2.